The highest BCUT2D eigenvalue weighted by Gasteiger charge is 2.31. The Morgan fingerprint density at radius 3 is 2.38 bits per heavy atom. The predicted molar refractivity (Wildman–Crippen MR) is 72.0 cm³/mol. The highest BCUT2D eigenvalue weighted by Crippen LogP contribution is 2.27. The van der Waals surface area contributed by atoms with Crippen LogP contribution in [-0.4, -0.2) is 12.9 Å². The van der Waals surface area contributed by atoms with Crippen molar-refractivity contribution in [3.8, 4) is 5.75 Å². The maximum absolute atomic E-state index is 12.1. The molecule has 0 saturated carbocycles. The molecule has 0 fully saturated rings. The minimum absolute atomic E-state index is 0.122. The van der Waals surface area contributed by atoms with Gasteiger partial charge in [-0.25, -0.2) is 0 Å². The quantitative estimate of drug-likeness (QED) is 0.865. The van der Waals surface area contributed by atoms with Gasteiger partial charge >= 0.3 is 6.36 Å². The van der Waals surface area contributed by atoms with Crippen LogP contribution in [0.15, 0.2) is 47.3 Å². The van der Waals surface area contributed by atoms with Crippen molar-refractivity contribution in [3.05, 3.63) is 54.0 Å². The number of ether oxygens (including phenoxy) is 1. The minimum Gasteiger partial charge on any atom is -0.472 e. The van der Waals surface area contributed by atoms with Crippen LogP contribution in [0.2, 0.25) is 0 Å². The van der Waals surface area contributed by atoms with Crippen LogP contribution in [0, 0.1) is 0 Å². The van der Waals surface area contributed by atoms with Gasteiger partial charge in [-0.1, -0.05) is 19.1 Å². The van der Waals surface area contributed by atoms with E-state index in [9.17, 15) is 13.2 Å². The molecule has 0 spiro atoms. The molecule has 2 rings (SSSR count). The van der Waals surface area contributed by atoms with E-state index in [1.54, 1.807) is 24.7 Å². The van der Waals surface area contributed by atoms with Gasteiger partial charge in [-0.3, -0.25) is 0 Å². The van der Waals surface area contributed by atoms with E-state index < -0.39 is 6.36 Å². The van der Waals surface area contributed by atoms with E-state index >= 15 is 0 Å². The summed E-state index contributed by atoms with van der Waals surface area (Å²) in [5, 5.41) is 3.33. The van der Waals surface area contributed by atoms with E-state index in [4.69, 9.17) is 4.42 Å². The Morgan fingerprint density at radius 1 is 1.14 bits per heavy atom. The molecule has 0 aliphatic heterocycles. The lowest BCUT2D eigenvalue weighted by atomic mass is 10.0. The SMILES string of the molecule is CCCNC(c1ccc(OC(F)(F)F)cc1)c1ccoc1. The van der Waals surface area contributed by atoms with Crippen LogP contribution >= 0.6 is 0 Å². The Kier molecular flexibility index (Phi) is 4.90. The third-order valence-corrected chi connectivity index (χ3v) is 2.92. The van der Waals surface area contributed by atoms with Crippen molar-refractivity contribution in [1.29, 1.82) is 0 Å². The molecule has 114 valence electrons. The van der Waals surface area contributed by atoms with Gasteiger partial charge in [-0.05, 0) is 36.7 Å². The summed E-state index contributed by atoms with van der Waals surface area (Å²) >= 11 is 0. The third-order valence-electron chi connectivity index (χ3n) is 2.92. The standard InChI is InChI=1S/C15H16F3NO2/c1-2-8-19-14(12-7-9-20-10-12)11-3-5-13(6-4-11)21-15(16,17)18/h3-7,9-10,14,19H,2,8H2,1H3. The van der Waals surface area contributed by atoms with E-state index in [0.717, 1.165) is 24.1 Å². The fraction of sp³-hybridized carbons (Fsp3) is 0.333. The average Bonchev–Trinajstić information content (AvgIpc) is 2.93. The van der Waals surface area contributed by atoms with Crippen molar-refractivity contribution in [2.24, 2.45) is 0 Å². The molecule has 2 aromatic rings. The Hall–Kier alpha value is -1.95. The molecule has 1 aromatic heterocycles. The lowest BCUT2D eigenvalue weighted by Gasteiger charge is -2.18. The van der Waals surface area contributed by atoms with Crippen LogP contribution in [0.25, 0.3) is 0 Å². The molecule has 1 atom stereocenters. The van der Waals surface area contributed by atoms with Crippen LogP contribution in [0.3, 0.4) is 0 Å². The average molecular weight is 299 g/mol. The summed E-state index contributed by atoms with van der Waals surface area (Å²) in [5.74, 6) is -0.229. The summed E-state index contributed by atoms with van der Waals surface area (Å²) in [6.45, 7) is 2.83. The van der Waals surface area contributed by atoms with Crippen LogP contribution in [0.1, 0.15) is 30.5 Å². The molecule has 6 heteroatoms. The number of halogens is 3. The van der Waals surface area contributed by atoms with Crippen LogP contribution < -0.4 is 10.1 Å². The molecule has 0 saturated heterocycles. The maximum Gasteiger partial charge on any atom is 0.573 e. The number of hydrogen-bond acceptors (Lipinski definition) is 3. The van der Waals surface area contributed by atoms with Crippen molar-refractivity contribution < 1.29 is 22.3 Å². The van der Waals surface area contributed by atoms with Crippen molar-refractivity contribution in [1.82, 2.24) is 5.32 Å². The highest BCUT2D eigenvalue weighted by atomic mass is 19.4. The molecule has 21 heavy (non-hydrogen) atoms. The number of benzene rings is 1. The van der Waals surface area contributed by atoms with E-state index in [2.05, 4.69) is 10.1 Å². The van der Waals surface area contributed by atoms with Crippen molar-refractivity contribution >= 4 is 0 Å². The number of furan rings is 1. The summed E-state index contributed by atoms with van der Waals surface area (Å²) in [6.07, 6.45) is -0.542. The summed E-state index contributed by atoms with van der Waals surface area (Å²) < 4.78 is 45.4. The van der Waals surface area contributed by atoms with Gasteiger partial charge in [0, 0.05) is 5.56 Å². The first kappa shape index (κ1) is 15.4. The fourth-order valence-electron chi connectivity index (χ4n) is 2.02. The number of hydrogen-bond donors (Lipinski definition) is 1. The van der Waals surface area contributed by atoms with Gasteiger partial charge < -0.3 is 14.5 Å². The largest absolute Gasteiger partial charge is 0.573 e. The topological polar surface area (TPSA) is 34.4 Å². The summed E-state index contributed by atoms with van der Waals surface area (Å²) in [4.78, 5) is 0. The molecule has 0 aliphatic rings. The zero-order chi connectivity index (χ0) is 15.3. The summed E-state index contributed by atoms with van der Waals surface area (Å²) in [5.41, 5.74) is 1.77. The number of nitrogens with one attached hydrogen (secondary N) is 1. The van der Waals surface area contributed by atoms with E-state index in [1.807, 2.05) is 13.0 Å². The van der Waals surface area contributed by atoms with Gasteiger partial charge in [-0.2, -0.15) is 0 Å². The Balaban J connectivity index is 2.17. The van der Waals surface area contributed by atoms with Gasteiger partial charge in [0.1, 0.15) is 5.75 Å². The second kappa shape index (κ2) is 6.67. The van der Waals surface area contributed by atoms with Gasteiger partial charge in [0.2, 0.25) is 0 Å². The molecule has 0 radical (unpaired) electrons. The van der Waals surface area contributed by atoms with Gasteiger partial charge in [0.05, 0.1) is 18.6 Å². The predicted octanol–water partition coefficient (Wildman–Crippen LogP) is 4.27. The minimum atomic E-state index is -4.67. The zero-order valence-corrected chi connectivity index (χ0v) is 11.5. The van der Waals surface area contributed by atoms with Crippen LogP contribution in [0.4, 0.5) is 13.2 Å². The van der Waals surface area contributed by atoms with E-state index in [0.29, 0.717) is 0 Å². The zero-order valence-electron chi connectivity index (χ0n) is 11.5. The fourth-order valence-corrected chi connectivity index (χ4v) is 2.02. The van der Waals surface area contributed by atoms with Crippen LogP contribution in [-0.2, 0) is 0 Å². The number of rotatable bonds is 6. The molecule has 0 amide bonds. The molecule has 0 bridgehead atoms. The Bertz CT molecular complexity index is 535. The van der Waals surface area contributed by atoms with E-state index in [-0.39, 0.29) is 11.8 Å². The first-order valence-corrected chi connectivity index (χ1v) is 6.61. The first-order chi connectivity index (χ1) is 9.99. The third kappa shape index (κ3) is 4.53. The second-order valence-electron chi connectivity index (χ2n) is 4.56. The summed E-state index contributed by atoms with van der Waals surface area (Å²) in [7, 11) is 0. The lowest BCUT2D eigenvalue weighted by molar-refractivity contribution is -0.274. The molecular weight excluding hydrogens is 283 g/mol. The first-order valence-electron chi connectivity index (χ1n) is 6.61. The molecule has 1 unspecified atom stereocenters. The highest BCUT2D eigenvalue weighted by molar-refractivity contribution is 5.34. The summed E-state index contributed by atoms with van der Waals surface area (Å²) in [6, 6.07) is 7.55. The molecule has 1 aromatic carbocycles. The smallest absolute Gasteiger partial charge is 0.472 e. The molecule has 0 aliphatic carbocycles. The Labute approximate surface area is 120 Å². The normalized spacial score (nSPS) is 13.1. The van der Waals surface area contributed by atoms with Gasteiger partial charge in [0.15, 0.2) is 0 Å². The van der Waals surface area contributed by atoms with Crippen molar-refractivity contribution in [3.63, 3.8) is 0 Å². The van der Waals surface area contributed by atoms with Crippen molar-refractivity contribution in [2.45, 2.75) is 25.7 Å². The Morgan fingerprint density at radius 2 is 1.86 bits per heavy atom. The monoisotopic (exact) mass is 299 g/mol. The number of alkyl halides is 3. The van der Waals surface area contributed by atoms with Gasteiger partial charge in [-0.15, -0.1) is 13.2 Å². The van der Waals surface area contributed by atoms with Crippen molar-refractivity contribution in [2.75, 3.05) is 6.54 Å². The molecule has 1 heterocycles. The molecule has 1 N–H and O–H groups in total. The maximum atomic E-state index is 12.1. The van der Waals surface area contributed by atoms with Crippen LogP contribution in [0.5, 0.6) is 5.75 Å². The van der Waals surface area contributed by atoms with E-state index in [1.165, 1.54) is 12.1 Å². The second-order valence-corrected chi connectivity index (χ2v) is 4.56. The lowest BCUT2D eigenvalue weighted by Crippen LogP contribution is -2.23. The molecule has 3 nitrogen and oxygen atoms in total. The van der Waals surface area contributed by atoms with Gasteiger partial charge in [0.25, 0.3) is 0 Å². The molecular formula is C15H16F3NO2.